The van der Waals surface area contributed by atoms with Gasteiger partial charge < -0.3 is 4.42 Å². The monoisotopic (exact) mass is 597 g/mol. The predicted molar refractivity (Wildman–Crippen MR) is 198 cm³/mol. The van der Waals surface area contributed by atoms with Crippen molar-refractivity contribution in [3.63, 3.8) is 0 Å². The first-order valence-electron chi connectivity index (χ1n) is 16.1. The van der Waals surface area contributed by atoms with Crippen LogP contribution in [0.25, 0.3) is 98.7 Å². The zero-order chi connectivity index (χ0) is 30.9. The van der Waals surface area contributed by atoms with Gasteiger partial charge in [0.15, 0.2) is 0 Å². The van der Waals surface area contributed by atoms with Gasteiger partial charge in [-0.1, -0.05) is 146 Å². The lowest BCUT2D eigenvalue weighted by molar-refractivity contribution is 0.671. The molecule has 0 saturated carbocycles. The Hall–Kier alpha value is -6.25. The highest BCUT2D eigenvalue weighted by atomic mass is 16.3. The Morgan fingerprint density at radius 1 is 0.340 bits per heavy atom. The summed E-state index contributed by atoms with van der Waals surface area (Å²) in [5.41, 5.74) is 9.33. The van der Waals surface area contributed by atoms with Crippen LogP contribution in [0.15, 0.2) is 168 Å². The third kappa shape index (κ3) is 3.95. The van der Waals surface area contributed by atoms with Crippen LogP contribution in [0.3, 0.4) is 0 Å². The number of benzene rings is 8. The van der Waals surface area contributed by atoms with Crippen molar-refractivity contribution >= 4 is 65.2 Å². The van der Waals surface area contributed by atoms with Crippen molar-refractivity contribution in [3.05, 3.63) is 164 Å². The second-order valence-corrected chi connectivity index (χ2v) is 12.3. The molecule has 0 atom stereocenters. The first kappa shape index (κ1) is 26.0. The topological polar surface area (TPSA) is 26.0 Å². The minimum atomic E-state index is 0.899. The zero-order valence-electron chi connectivity index (χ0n) is 25.4. The van der Waals surface area contributed by atoms with Crippen LogP contribution in [0.2, 0.25) is 0 Å². The summed E-state index contributed by atoms with van der Waals surface area (Å²) in [6.45, 7) is 0. The van der Waals surface area contributed by atoms with E-state index in [1.54, 1.807) is 0 Å². The van der Waals surface area contributed by atoms with Gasteiger partial charge in [-0.05, 0) is 56.3 Å². The molecule has 2 heterocycles. The molecule has 8 aromatic carbocycles. The van der Waals surface area contributed by atoms with Gasteiger partial charge >= 0.3 is 0 Å². The lowest BCUT2D eigenvalue weighted by Gasteiger charge is -2.12. The minimum absolute atomic E-state index is 0.899. The average molecular weight is 598 g/mol. The second kappa shape index (κ2) is 10.1. The molecular weight excluding hydrogens is 571 g/mol. The number of nitrogens with zero attached hydrogens (tertiary/aromatic N) is 1. The van der Waals surface area contributed by atoms with Gasteiger partial charge in [-0.3, -0.25) is 0 Å². The van der Waals surface area contributed by atoms with Gasteiger partial charge in [-0.2, -0.15) is 0 Å². The summed E-state index contributed by atoms with van der Waals surface area (Å²) >= 11 is 0. The van der Waals surface area contributed by atoms with Crippen LogP contribution in [-0.2, 0) is 0 Å². The fraction of sp³-hybridized carbons (Fsp3) is 0. The number of fused-ring (bicyclic) bond motifs is 10. The smallest absolute Gasteiger partial charge is 0.143 e. The Morgan fingerprint density at radius 3 is 1.64 bits per heavy atom. The highest BCUT2D eigenvalue weighted by Gasteiger charge is 2.17. The van der Waals surface area contributed by atoms with E-state index < -0.39 is 0 Å². The lowest BCUT2D eigenvalue weighted by Crippen LogP contribution is -1.90. The third-order valence-corrected chi connectivity index (χ3v) is 9.66. The van der Waals surface area contributed by atoms with E-state index in [-0.39, 0.29) is 0 Å². The minimum Gasteiger partial charge on any atom is -0.455 e. The van der Waals surface area contributed by atoms with Gasteiger partial charge in [0, 0.05) is 38.2 Å². The van der Waals surface area contributed by atoms with Crippen LogP contribution < -0.4 is 0 Å². The highest BCUT2D eigenvalue weighted by molar-refractivity contribution is 6.24. The van der Waals surface area contributed by atoms with E-state index in [2.05, 4.69) is 164 Å². The summed E-state index contributed by atoms with van der Waals surface area (Å²) in [7, 11) is 0. The molecule has 10 rings (SSSR count). The molecule has 2 aromatic heterocycles. The quantitative estimate of drug-likeness (QED) is 0.189. The summed E-state index contributed by atoms with van der Waals surface area (Å²) in [6, 6.07) is 58.3. The predicted octanol–water partition coefficient (Wildman–Crippen LogP) is 12.6. The number of furan rings is 1. The number of para-hydroxylation sites is 2. The zero-order valence-corrected chi connectivity index (χ0v) is 25.4. The van der Waals surface area contributed by atoms with E-state index in [0.29, 0.717) is 0 Å². The van der Waals surface area contributed by atoms with Crippen molar-refractivity contribution in [2.45, 2.75) is 0 Å². The Labute approximate surface area is 271 Å². The largest absolute Gasteiger partial charge is 0.455 e. The first-order chi connectivity index (χ1) is 23.3. The third-order valence-electron chi connectivity index (χ3n) is 9.66. The van der Waals surface area contributed by atoms with Crippen LogP contribution in [0.4, 0.5) is 0 Å². The molecule has 2 heteroatoms. The van der Waals surface area contributed by atoms with Gasteiger partial charge in [-0.25, -0.2) is 4.98 Å². The standard InChI is InChI=1S/C45H27NO/c1-2-15-31-28(11-1)12-8-21-33(31)39-22-10-24-41-40-23-9-20-32(44(40)47-45(39)41)29-13-7-14-30(27-29)42-26-25-38-36-18-4-3-16-34(36)35-17-5-6-19-37(35)43(38)46-42/h1-27H. The van der Waals surface area contributed by atoms with E-state index >= 15 is 0 Å². The highest BCUT2D eigenvalue weighted by Crippen LogP contribution is 2.42. The molecule has 0 radical (unpaired) electrons. The number of rotatable bonds is 3. The fourth-order valence-electron chi connectivity index (χ4n) is 7.49. The van der Waals surface area contributed by atoms with Crippen molar-refractivity contribution < 1.29 is 4.42 Å². The Kier molecular flexibility index (Phi) is 5.61. The normalized spacial score (nSPS) is 11.8. The molecule has 0 aliphatic carbocycles. The van der Waals surface area contributed by atoms with Crippen molar-refractivity contribution in [2.75, 3.05) is 0 Å². The number of pyridine rings is 1. The van der Waals surface area contributed by atoms with E-state index in [0.717, 1.165) is 55.4 Å². The molecule has 2 nitrogen and oxygen atoms in total. The maximum absolute atomic E-state index is 6.85. The molecule has 0 bridgehead atoms. The second-order valence-electron chi connectivity index (χ2n) is 12.3. The van der Waals surface area contributed by atoms with Crippen LogP contribution in [0, 0.1) is 0 Å². The van der Waals surface area contributed by atoms with E-state index in [9.17, 15) is 0 Å². The SMILES string of the molecule is c1cc(-c2ccc3c4ccccc4c4ccccc4c3n2)cc(-c2cccc3c2oc2c(-c4cccc5ccccc45)cccc23)c1. The van der Waals surface area contributed by atoms with Gasteiger partial charge in [0.25, 0.3) is 0 Å². The molecule has 10 aromatic rings. The maximum Gasteiger partial charge on any atom is 0.143 e. The number of aromatic nitrogens is 1. The molecule has 0 aliphatic heterocycles. The van der Waals surface area contributed by atoms with Gasteiger partial charge in [0.2, 0.25) is 0 Å². The van der Waals surface area contributed by atoms with Crippen LogP contribution in [0.5, 0.6) is 0 Å². The summed E-state index contributed by atoms with van der Waals surface area (Å²) in [6.07, 6.45) is 0. The summed E-state index contributed by atoms with van der Waals surface area (Å²) in [5.74, 6) is 0. The Morgan fingerprint density at radius 2 is 0.851 bits per heavy atom. The van der Waals surface area contributed by atoms with Crippen molar-refractivity contribution in [1.29, 1.82) is 0 Å². The Balaban J connectivity index is 1.15. The van der Waals surface area contributed by atoms with E-state index in [4.69, 9.17) is 9.40 Å². The molecule has 0 N–H and O–H groups in total. The summed E-state index contributed by atoms with van der Waals surface area (Å²) in [5, 5.41) is 10.8. The number of hydrogen-bond acceptors (Lipinski definition) is 2. The lowest BCUT2D eigenvalue weighted by atomic mass is 9.95. The van der Waals surface area contributed by atoms with Crippen LogP contribution in [0.1, 0.15) is 0 Å². The van der Waals surface area contributed by atoms with Gasteiger partial charge in [0.05, 0.1) is 11.2 Å². The molecule has 0 spiro atoms. The maximum atomic E-state index is 6.85. The van der Waals surface area contributed by atoms with Crippen molar-refractivity contribution in [3.8, 4) is 33.5 Å². The summed E-state index contributed by atoms with van der Waals surface area (Å²) < 4.78 is 6.85. The van der Waals surface area contributed by atoms with Crippen LogP contribution in [-0.4, -0.2) is 4.98 Å². The first-order valence-corrected chi connectivity index (χ1v) is 16.1. The van der Waals surface area contributed by atoms with Crippen LogP contribution >= 0.6 is 0 Å². The van der Waals surface area contributed by atoms with Gasteiger partial charge in [-0.15, -0.1) is 0 Å². The van der Waals surface area contributed by atoms with Crippen molar-refractivity contribution in [1.82, 2.24) is 4.98 Å². The Bertz CT molecular complexity index is 2820. The fourth-order valence-corrected chi connectivity index (χ4v) is 7.49. The molecule has 0 unspecified atom stereocenters. The summed E-state index contributed by atoms with van der Waals surface area (Å²) in [4.78, 5) is 5.30. The molecular formula is C45H27NO. The van der Waals surface area contributed by atoms with E-state index in [1.807, 2.05) is 0 Å². The molecule has 0 aliphatic rings. The molecule has 218 valence electrons. The van der Waals surface area contributed by atoms with E-state index in [1.165, 1.54) is 43.3 Å². The van der Waals surface area contributed by atoms with Gasteiger partial charge in [0.1, 0.15) is 11.2 Å². The van der Waals surface area contributed by atoms with Crippen molar-refractivity contribution in [2.24, 2.45) is 0 Å². The average Bonchev–Trinajstić information content (AvgIpc) is 3.54. The molecule has 0 amide bonds. The number of hydrogen-bond donors (Lipinski definition) is 0. The molecule has 0 fully saturated rings. The molecule has 47 heavy (non-hydrogen) atoms. The molecule has 0 saturated heterocycles.